The van der Waals surface area contributed by atoms with Gasteiger partial charge in [0.05, 0.1) is 0 Å². The van der Waals surface area contributed by atoms with Gasteiger partial charge in [-0.3, -0.25) is 0 Å². The molecule has 2 heterocycles. The summed E-state index contributed by atoms with van der Waals surface area (Å²) in [7, 11) is 0. The molecule has 0 fully saturated rings. The molecule has 18 heavy (non-hydrogen) atoms. The van der Waals surface area contributed by atoms with Crippen LogP contribution in [-0.2, 0) is 0 Å². The van der Waals surface area contributed by atoms with Gasteiger partial charge in [-0.05, 0) is 12.7 Å². The van der Waals surface area contributed by atoms with Crippen molar-refractivity contribution in [2.24, 2.45) is 0 Å². The lowest BCUT2D eigenvalue weighted by Gasteiger charge is -2.04. The summed E-state index contributed by atoms with van der Waals surface area (Å²) in [4.78, 5) is 24.4. The van der Waals surface area contributed by atoms with Crippen LogP contribution < -0.4 is 5.32 Å². The van der Waals surface area contributed by atoms with Crippen LogP contribution in [0.15, 0.2) is 17.7 Å². The highest BCUT2D eigenvalue weighted by molar-refractivity contribution is 7.98. The SMILES string of the molecule is CCCCNC(=O)n1cnc2c(SC)ncnc21. The van der Waals surface area contributed by atoms with Crippen molar-refractivity contribution >= 4 is 29.0 Å². The van der Waals surface area contributed by atoms with Gasteiger partial charge in [-0.15, -0.1) is 11.8 Å². The van der Waals surface area contributed by atoms with E-state index in [0.717, 1.165) is 17.9 Å². The maximum atomic E-state index is 11.9. The van der Waals surface area contributed by atoms with E-state index in [2.05, 4.69) is 27.2 Å². The summed E-state index contributed by atoms with van der Waals surface area (Å²) < 4.78 is 1.42. The Labute approximate surface area is 109 Å². The highest BCUT2D eigenvalue weighted by Crippen LogP contribution is 2.20. The Bertz CT molecular complexity index is 553. The first-order valence-corrected chi connectivity index (χ1v) is 7.00. The van der Waals surface area contributed by atoms with Gasteiger partial charge in [0.25, 0.3) is 0 Å². The molecule has 7 heteroatoms. The number of aromatic nitrogens is 4. The summed E-state index contributed by atoms with van der Waals surface area (Å²) in [6.45, 7) is 2.74. The smallest absolute Gasteiger partial charge is 0.328 e. The summed E-state index contributed by atoms with van der Waals surface area (Å²) >= 11 is 1.49. The molecule has 0 aliphatic rings. The predicted molar refractivity (Wildman–Crippen MR) is 70.8 cm³/mol. The van der Waals surface area contributed by atoms with E-state index in [1.807, 2.05) is 6.26 Å². The lowest BCUT2D eigenvalue weighted by Crippen LogP contribution is -2.28. The molecule has 0 unspecified atom stereocenters. The standard InChI is InChI=1S/C11H15N5OS/c1-3-4-5-12-11(17)16-7-15-8-9(16)13-6-14-10(8)18-2/h6-7H,3-5H2,1-2H3,(H,12,17). The van der Waals surface area contributed by atoms with E-state index >= 15 is 0 Å². The van der Waals surface area contributed by atoms with Crippen LogP contribution in [0.3, 0.4) is 0 Å². The molecule has 0 radical (unpaired) electrons. The van der Waals surface area contributed by atoms with E-state index in [4.69, 9.17) is 0 Å². The molecule has 0 atom stereocenters. The predicted octanol–water partition coefficient (Wildman–Crippen LogP) is 1.91. The average molecular weight is 265 g/mol. The number of hydrogen-bond acceptors (Lipinski definition) is 5. The highest BCUT2D eigenvalue weighted by Gasteiger charge is 2.13. The minimum atomic E-state index is -0.197. The van der Waals surface area contributed by atoms with Crippen LogP contribution in [0.1, 0.15) is 19.8 Å². The van der Waals surface area contributed by atoms with Crippen LogP contribution >= 0.6 is 11.8 Å². The van der Waals surface area contributed by atoms with E-state index in [1.165, 1.54) is 29.0 Å². The van der Waals surface area contributed by atoms with Crippen LogP contribution in [0.25, 0.3) is 11.2 Å². The van der Waals surface area contributed by atoms with Crippen molar-refractivity contribution in [3.63, 3.8) is 0 Å². The van der Waals surface area contributed by atoms with E-state index in [-0.39, 0.29) is 6.03 Å². The summed E-state index contributed by atoms with van der Waals surface area (Å²) in [6, 6.07) is -0.197. The van der Waals surface area contributed by atoms with Gasteiger partial charge in [0.1, 0.15) is 23.2 Å². The number of nitrogens with zero attached hydrogens (tertiary/aromatic N) is 4. The number of hydrogen-bond donors (Lipinski definition) is 1. The maximum Gasteiger partial charge on any atom is 0.328 e. The van der Waals surface area contributed by atoms with Crippen molar-refractivity contribution in [2.45, 2.75) is 24.8 Å². The van der Waals surface area contributed by atoms with Crippen molar-refractivity contribution < 1.29 is 4.79 Å². The van der Waals surface area contributed by atoms with Crippen LogP contribution in [0.5, 0.6) is 0 Å². The molecule has 0 aliphatic carbocycles. The van der Waals surface area contributed by atoms with Gasteiger partial charge in [0.2, 0.25) is 0 Å². The zero-order valence-corrected chi connectivity index (χ0v) is 11.2. The molecule has 2 rings (SSSR count). The molecule has 0 saturated heterocycles. The number of carbonyl (C=O) groups is 1. The third kappa shape index (κ3) is 2.45. The molecule has 0 aliphatic heterocycles. The Morgan fingerprint density at radius 2 is 2.28 bits per heavy atom. The molecular formula is C11H15N5OS. The van der Waals surface area contributed by atoms with Gasteiger partial charge < -0.3 is 5.32 Å². The lowest BCUT2D eigenvalue weighted by atomic mass is 10.3. The van der Waals surface area contributed by atoms with Gasteiger partial charge in [0, 0.05) is 6.54 Å². The second-order valence-electron chi connectivity index (χ2n) is 3.76. The Hall–Kier alpha value is -1.63. The first-order valence-electron chi connectivity index (χ1n) is 5.78. The fraction of sp³-hybridized carbons (Fsp3) is 0.455. The third-order valence-corrected chi connectivity index (χ3v) is 3.20. The van der Waals surface area contributed by atoms with Crippen LogP contribution in [0.4, 0.5) is 4.79 Å². The second kappa shape index (κ2) is 5.81. The van der Waals surface area contributed by atoms with Crippen molar-refractivity contribution in [3.05, 3.63) is 12.7 Å². The Kier molecular flexibility index (Phi) is 4.14. The number of carbonyl (C=O) groups excluding carboxylic acids is 1. The Morgan fingerprint density at radius 1 is 1.44 bits per heavy atom. The molecule has 0 saturated carbocycles. The molecule has 96 valence electrons. The van der Waals surface area contributed by atoms with Gasteiger partial charge in [0.15, 0.2) is 5.65 Å². The quantitative estimate of drug-likeness (QED) is 0.519. The number of amides is 1. The highest BCUT2D eigenvalue weighted by atomic mass is 32.2. The van der Waals surface area contributed by atoms with Crippen molar-refractivity contribution in [1.29, 1.82) is 0 Å². The van der Waals surface area contributed by atoms with Crippen LogP contribution in [0.2, 0.25) is 0 Å². The van der Waals surface area contributed by atoms with E-state index in [9.17, 15) is 4.79 Å². The number of thioether (sulfide) groups is 1. The van der Waals surface area contributed by atoms with Gasteiger partial charge in [-0.1, -0.05) is 13.3 Å². The normalized spacial score (nSPS) is 10.8. The van der Waals surface area contributed by atoms with Crippen LogP contribution in [0, 0.1) is 0 Å². The van der Waals surface area contributed by atoms with Crippen molar-refractivity contribution in [3.8, 4) is 0 Å². The molecule has 6 nitrogen and oxygen atoms in total. The number of imidazole rings is 1. The third-order valence-electron chi connectivity index (χ3n) is 2.52. The average Bonchev–Trinajstić information content (AvgIpc) is 2.82. The van der Waals surface area contributed by atoms with Crippen molar-refractivity contribution in [2.75, 3.05) is 12.8 Å². The Morgan fingerprint density at radius 3 is 3.00 bits per heavy atom. The molecule has 0 spiro atoms. The summed E-state index contributed by atoms with van der Waals surface area (Å²) in [5.74, 6) is 0. The first kappa shape index (κ1) is 12.8. The van der Waals surface area contributed by atoms with Gasteiger partial charge >= 0.3 is 6.03 Å². The topological polar surface area (TPSA) is 72.7 Å². The number of rotatable bonds is 4. The summed E-state index contributed by atoms with van der Waals surface area (Å²) in [5, 5.41) is 3.61. The minimum absolute atomic E-state index is 0.197. The Balaban J connectivity index is 2.26. The monoisotopic (exact) mass is 265 g/mol. The fourth-order valence-corrected chi connectivity index (χ4v) is 2.06. The zero-order valence-electron chi connectivity index (χ0n) is 10.4. The summed E-state index contributed by atoms with van der Waals surface area (Å²) in [5.41, 5.74) is 1.21. The fourth-order valence-electron chi connectivity index (χ4n) is 1.57. The lowest BCUT2D eigenvalue weighted by molar-refractivity contribution is 0.243. The molecule has 0 aromatic carbocycles. The van der Waals surface area contributed by atoms with Crippen LogP contribution in [-0.4, -0.2) is 38.4 Å². The van der Waals surface area contributed by atoms with Gasteiger partial charge in [-0.2, -0.15) is 0 Å². The van der Waals surface area contributed by atoms with E-state index in [1.54, 1.807) is 0 Å². The zero-order chi connectivity index (χ0) is 13.0. The molecule has 2 aromatic heterocycles. The van der Waals surface area contributed by atoms with E-state index < -0.39 is 0 Å². The first-order chi connectivity index (χ1) is 8.77. The molecule has 1 amide bonds. The van der Waals surface area contributed by atoms with Crippen molar-refractivity contribution in [1.82, 2.24) is 24.8 Å². The molecule has 2 aromatic rings. The van der Waals surface area contributed by atoms with E-state index in [0.29, 0.717) is 17.7 Å². The minimum Gasteiger partial charge on any atom is -0.337 e. The molecule has 0 bridgehead atoms. The second-order valence-corrected chi connectivity index (χ2v) is 4.55. The molecule has 1 N–H and O–H groups in total. The maximum absolute atomic E-state index is 11.9. The summed E-state index contributed by atoms with van der Waals surface area (Å²) in [6.07, 6.45) is 6.86. The number of unbranched alkanes of at least 4 members (excludes halogenated alkanes) is 1. The number of nitrogens with one attached hydrogen (secondary N) is 1. The molecular weight excluding hydrogens is 250 g/mol. The van der Waals surface area contributed by atoms with Gasteiger partial charge in [-0.25, -0.2) is 24.3 Å². The number of fused-ring (bicyclic) bond motifs is 1. The largest absolute Gasteiger partial charge is 0.337 e.